The van der Waals surface area contributed by atoms with Crippen LogP contribution in [0.15, 0.2) is 30.5 Å². The van der Waals surface area contributed by atoms with E-state index >= 15 is 0 Å². The van der Waals surface area contributed by atoms with Gasteiger partial charge in [-0.25, -0.2) is 4.98 Å². The zero-order valence-electron chi connectivity index (χ0n) is 10.2. The molecule has 1 aromatic carbocycles. The Morgan fingerprint density at radius 2 is 2.06 bits per heavy atom. The molecule has 2 aromatic rings. The molecule has 3 rings (SSSR count). The topological polar surface area (TPSA) is 29.9 Å². The largest absolute Gasteiger partial charge is 0.370 e. The highest BCUT2D eigenvalue weighted by Crippen LogP contribution is 2.18. The van der Waals surface area contributed by atoms with Gasteiger partial charge in [-0.15, -0.1) is 0 Å². The van der Waals surface area contributed by atoms with Crippen LogP contribution >= 0.6 is 11.6 Å². The molecule has 0 amide bonds. The predicted octanol–water partition coefficient (Wildman–Crippen LogP) is 3.14. The number of fused-ring (bicyclic) bond motifs is 1. The molecule has 1 aliphatic heterocycles. The van der Waals surface area contributed by atoms with Gasteiger partial charge in [-0.3, -0.25) is 0 Å². The van der Waals surface area contributed by atoms with Crippen molar-refractivity contribution in [2.24, 2.45) is 0 Å². The Morgan fingerprint density at radius 3 is 2.89 bits per heavy atom. The molecule has 0 saturated carbocycles. The molecular weight excluding hydrogens is 246 g/mol. The summed E-state index contributed by atoms with van der Waals surface area (Å²) < 4.78 is 2.29. The first-order chi connectivity index (χ1) is 8.83. The lowest BCUT2D eigenvalue weighted by Crippen LogP contribution is -2.18. The fraction of sp³-hybridized carbons (Fsp3) is 0.357. The van der Waals surface area contributed by atoms with E-state index in [0.717, 1.165) is 36.8 Å². The summed E-state index contributed by atoms with van der Waals surface area (Å²) in [6.07, 6.45) is 5.10. The van der Waals surface area contributed by atoms with Gasteiger partial charge in [0.05, 0.1) is 6.20 Å². The molecule has 0 aliphatic carbocycles. The molecule has 0 saturated heterocycles. The number of aromatic nitrogens is 2. The zero-order valence-corrected chi connectivity index (χ0v) is 11.0. The number of benzene rings is 1. The normalized spacial score (nSPS) is 14.1. The summed E-state index contributed by atoms with van der Waals surface area (Å²) in [6, 6.07) is 8.06. The third-order valence-corrected chi connectivity index (χ3v) is 3.61. The maximum absolute atomic E-state index is 5.88. The van der Waals surface area contributed by atoms with Gasteiger partial charge in [0.1, 0.15) is 11.6 Å². The third-order valence-electron chi connectivity index (χ3n) is 3.35. The molecule has 94 valence electrons. The van der Waals surface area contributed by atoms with Crippen molar-refractivity contribution in [3.05, 3.63) is 46.9 Å². The number of imidazole rings is 1. The highest BCUT2D eigenvalue weighted by Gasteiger charge is 2.12. The van der Waals surface area contributed by atoms with Crippen molar-refractivity contribution in [1.29, 1.82) is 0 Å². The maximum Gasteiger partial charge on any atom is 0.126 e. The molecule has 2 heterocycles. The fourth-order valence-electron chi connectivity index (χ4n) is 2.37. The third kappa shape index (κ3) is 2.36. The summed E-state index contributed by atoms with van der Waals surface area (Å²) in [4.78, 5) is 4.50. The van der Waals surface area contributed by atoms with E-state index in [1.807, 2.05) is 18.3 Å². The highest BCUT2D eigenvalue weighted by atomic mass is 35.5. The minimum absolute atomic E-state index is 0.793. The van der Waals surface area contributed by atoms with E-state index in [4.69, 9.17) is 11.6 Å². The number of rotatable bonds is 3. The zero-order chi connectivity index (χ0) is 12.4. The van der Waals surface area contributed by atoms with Crippen LogP contribution in [0.4, 0.5) is 5.82 Å². The maximum atomic E-state index is 5.88. The van der Waals surface area contributed by atoms with Crippen LogP contribution in [0.2, 0.25) is 5.02 Å². The van der Waals surface area contributed by atoms with Gasteiger partial charge in [-0.05, 0) is 30.5 Å². The van der Waals surface area contributed by atoms with Crippen molar-refractivity contribution < 1.29 is 0 Å². The first-order valence-electron chi connectivity index (χ1n) is 6.35. The van der Waals surface area contributed by atoms with Crippen LogP contribution in [-0.2, 0) is 19.4 Å². The van der Waals surface area contributed by atoms with Crippen molar-refractivity contribution >= 4 is 17.4 Å². The van der Waals surface area contributed by atoms with Gasteiger partial charge < -0.3 is 9.88 Å². The quantitative estimate of drug-likeness (QED) is 0.920. The average Bonchev–Trinajstić information content (AvgIpc) is 2.82. The Bertz CT molecular complexity index is 530. The van der Waals surface area contributed by atoms with E-state index in [-0.39, 0.29) is 0 Å². The molecular formula is C14H16ClN3. The molecule has 1 N–H and O–H groups in total. The van der Waals surface area contributed by atoms with Crippen LogP contribution in [0, 0.1) is 0 Å². The number of hydrogen-bond acceptors (Lipinski definition) is 2. The number of nitrogens with one attached hydrogen (secondary N) is 1. The van der Waals surface area contributed by atoms with Crippen molar-refractivity contribution in [1.82, 2.24) is 9.55 Å². The van der Waals surface area contributed by atoms with E-state index in [2.05, 4.69) is 27.0 Å². The molecule has 0 radical (unpaired) electrons. The molecule has 0 fully saturated rings. The van der Waals surface area contributed by atoms with Gasteiger partial charge in [-0.1, -0.05) is 23.7 Å². The number of nitrogens with zero attached hydrogens (tertiary/aromatic N) is 2. The van der Waals surface area contributed by atoms with E-state index in [0.29, 0.717) is 0 Å². The molecule has 4 heteroatoms. The van der Waals surface area contributed by atoms with Crippen molar-refractivity contribution in [3.63, 3.8) is 0 Å². The molecule has 1 aliphatic rings. The number of anilines is 1. The lowest BCUT2D eigenvalue weighted by molar-refractivity contribution is 0.597. The Morgan fingerprint density at radius 1 is 1.22 bits per heavy atom. The van der Waals surface area contributed by atoms with E-state index in [1.165, 1.54) is 17.8 Å². The summed E-state index contributed by atoms with van der Waals surface area (Å²) in [5.41, 5.74) is 1.31. The van der Waals surface area contributed by atoms with Crippen molar-refractivity contribution in [2.75, 3.05) is 11.9 Å². The Hall–Kier alpha value is -1.48. The summed E-state index contributed by atoms with van der Waals surface area (Å²) in [5, 5.41) is 4.16. The summed E-state index contributed by atoms with van der Waals surface area (Å²) in [5.74, 6) is 2.33. The standard InChI is InChI=1S/C14H16ClN3/c15-12-5-2-11(3-6-12)4-7-13-17-10-14-16-8-1-9-18(13)14/h2-3,5-6,10,16H,1,4,7-9H2. The van der Waals surface area contributed by atoms with Crippen LogP contribution in [0.5, 0.6) is 0 Å². The second kappa shape index (κ2) is 5.02. The van der Waals surface area contributed by atoms with Crippen LogP contribution in [0.3, 0.4) is 0 Å². The van der Waals surface area contributed by atoms with Gasteiger partial charge in [0.25, 0.3) is 0 Å². The van der Waals surface area contributed by atoms with Crippen LogP contribution in [0.1, 0.15) is 17.8 Å². The van der Waals surface area contributed by atoms with E-state index in [9.17, 15) is 0 Å². The lowest BCUT2D eigenvalue weighted by Gasteiger charge is -2.18. The second-order valence-corrected chi connectivity index (χ2v) is 5.05. The van der Waals surface area contributed by atoms with E-state index in [1.54, 1.807) is 0 Å². The summed E-state index contributed by atoms with van der Waals surface area (Å²) >= 11 is 5.88. The Balaban J connectivity index is 1.70. The van der Waals surface area contributed by atoms with Gasteiger partial charge in [0.2, 0.25) is 0 Å². The Labute approximate surface area is 112 Å². The SMILES string of the molecule is Clc1ccc(CCc2ncc3n2CCCN3)cc1. The van der Waals surface area contributed by atoms with Gasteiger partial charge >= 0.3 is 0 Å². The highest BCUT2D eigenvalue weighted by molar-refractivity contribution is 6.30. The van der Waals surface area contributed by atoms with Crippen LogP contribution in [0.25, 0.3) is 0 Å². The van der Waals surface area contributed by atoms with Crippen LogP contribution in [-0.4, -0.2) is 16.1 Å². The number of hydrogen-bond donors (Lipinski definition) is 1. The molecule has 0 atom stereocenters. The molecule has 18 heavy (non-hydrogen) atoms. The van der Waals surface area contributed by atoms with Crippen molar-refractivity contribution in [2.45, 2.75) is 25.8 Å². The molecule has 0 spiro atoms. The summed E-state index contributed by atoms with van der Waals surface area (Å²) in [6.45, 7) is 2.14. The molecule has 3 nitrogen and oxygen atoms in total. The smallest absolute Gasteiger partial charge is 0.126 e. The monoisotopic (exact) mass is 261 g/mol. The van der Waals surface area contributed by atoms with Gasteiger partial charge in [0.15, 0.2) is 0 Å². The molecule has 0 bridgehead atoms. The lowest BCUT2D eigenvalue weighted by atomic mass is 10.1. The van der Waals surface area contributed by atoms with Crippen LogP contribution < -0.4 is 5.32 Å². The van der Waals surface area contributed by atoms with Gasteiger partial charge in [-0.2, -0.15) is 0 Å². The fourth-order valence-corrected chi connectivity index (χ4v) is 2.49. The predicted molar refractivity (Wildman–Crippen MR) is 74.2 cm³/mol. The minimum atomic E-state index is 0.793. The molecule has 1 aromatic heterocycles. The second-order valence-electron chi connectivity index (χ2n) is 4.62. The van der Waals surface area contributed by atoms with Gasteiger partial charge in [0, 0.05) is 24.5 Å². The van der Waals surface area contributed by atoms with E-state index < -0.39 is 0 Å². The van der Waals surface area contributed by atoms with Crippen molar-refractivity contribution in [3.8, 4) is 0 Å². The minimum Gasteiger partial charge on any atom is -0.370 e. The summed E-state index contributed by atoms with van der Waals surface area (Å²) in [7, 11) is 0. The molecule has 0 unspecified atom stereocenters. The Kier molecular flexibility index (Phi) is 3.24. The number of halogens is 1. The first kappa shape index (κ1) is 11.6. The number of aryl methyl sites for hydroxylation is 2. The first-order valence-corrected chi connectivity index (χ1v) is 6.73. The average molecular weight is 262 g/mol.